The lowest BCUT2D eigenvalue weighted by Crippen LogP contribution is -2.25. The van der Waals surface area contributed by atoms with Crippen LogP contribution in [0.3, 0.4) is 0 Å². The minimum Gasteiger partial charge on any atom is -0.481 e. The van der Waals surface area contributed by atoms with Crippen molar-refractivity contribution in [3.63, 3.8) is 0 Å². The molecule has 29 heavy (non-hydrogen) atoms. The molecule has 0 bridgehead atoms. The summed E-state index contributed by atoms with van der Waals surface area (Å²) in [6, 6.07) is 8.21. The van der Waals surface area contributed by atoms with Crippen molar-refractivity contribution in [3.05, 3.63) is 53.8 Å². The van der Waals surface area contributed by atoms with Crippen LogP contribution in [-0.2, 0) is 19.6 Å². The molecule has 1 atom stereocenters. The first-order valence-electron chi connectivity index (χ1n) is 8.28. The third-order valence-electron chi connectivity index (χ3n) is 4.40. The molecule has 1 heterocycles. The van der Waals surface area contributed by atoms with Gasteiger partial charge in [0.25, 0.3) is 10.0 Å². The molecule has 3 rings (SSSR count). The highest BCUT2D eigenvalue weighted by Crippen LogP contribution is 2.27. The molecule has 0 radical (unpaired) electrons. The number of aliphatic carboxylic acids is 1. The fourth-order valence-electron chi connectivity index (χ4n) is 2.96. The summed E-state index contributed by atoms with van der Waals surface area (Å²) in [5, 5.41) is 18.1. The molecule has 2 aromatic rings. The van der Waals surface area contributed by atoms with Gasteiger partial charge in [-0.25, -0.2) is 17.6 Å². The van der Waals surface area contributed by atoms with Gasteiger partial charge in [-0.1, -0.05) is 6.07 Å². The number of carbonyl (C=O) groups is 3. The zero-order valence-electron chi connectivity index (χ0n) is 14.7. The highest BCUT2D eigenvalue weighted by Gasteiger charge is 2.35. The molecule has 11 heteroatoms. The van der Waals surface area contributed by atoms with Crippen molar-refractivity contribution < 1.29 is 37.4 Å². The minimum absolute atomic E-state index is 0.0240. The van der Waals surface area contributed by atoms with Gasteiger partial charge >= 0.3 is 11.9 Å². The summed E-state index contributed by atoms with van der Waals surface area (Å²) in [5.74, 6) is -5.04. The van der Waals surface area contributed by atoms with E-state index in [4.69, 9.17) is 10.2 Å². The van der Waals surface area contributed by atoms with Gasteiger partial charge in [0.05, 0.1) is 16.5 Å². The smallest absolute Gasteiger partial charge is 0.340 e. The minimum atomic E-state index is -4.24. The lowest BCUT2D eigenvalue weighted by molar-refractivity contribution is -0.141. The van der Waals surface area contributed by atoms with Gasteiger partial charge in [-0.3, -0.25) is 14.3 Å². The first-order valence-corrected chi connectivity index (χ1v) is 9.76. The van der Waals surface area contributed by atoms with Crippen molar-refractivity contribution in [3.8, 4) is 0 Å². The fraction of sp³-hybridized carbons (Fsp3) is 0.167. The SMILES string of the molecule is O=C(O)c1c(F)cccc1NS(=O)(=O)c1ccc(N2CC(C(=O)O)CC2=O)cc1. The first kappa shape index (κ1) is 20.3. The predicted octanol–water partition coefficient (Wildman–Crippen LogP) is 1.76. The molecule has 3 N–H and O–H groups in total. The van der Waals surface area contributed by atoms with Crippen LogP contribution >= 0.6 is 0 Å². The Morgan fingerprint density at radius 2 is 1.76 bits per heavy atom. The zero-order valence-corrected chi connectivity index (χ0v) is 15.5. The van der Waals surface area contributed by atoms with Crippen LogP contribution < -0.4 is 9.62 Å². The maximum atomic E-state index is 13.7. The number of nitrogens with one attached hydrogen (secondary N) is 1. The van der Waals surface area contributed by atoms with E-state index in [1.807, 2.05) is 4.72 Å². The van der Waals surface area contributed by atoms with Gasteiger partial charge in [0, 0.05) is 18.7 Å². The van der Waals surface area contributed by atoms with Crippen molar-refractivity contribution in [1.82, 2.24) is 0 Å². The number of sulfonamides is 1. The summed E-state index contributed by atoms with van der Waals surface area (Å²) in [7, 11) is -4.24. The van der Waals surface area contributed by atoms with E-state index >= 15 is 0 Å². The van der Waals surface area contributed by atoms with Crippen molar-refractivity contribution in [2.24, 2.45) is 5.92 Å². The average Bonchev–Trinajstić information content (AvgIpc) is 3.03. The number of benzene rings is 2. The second-order valence-electron chi connectivity index (χ2n) is 6.31. The van der Waals surface area contributed by atoms with Crippen LogP contribution in [0.25, 0.3) is 0 Å². The Labute approximate surface area is 164 Å². The van der Waals surface area contributed by atoms with Crippen LogP contribution in [-0.4, -0.2) is 43.0 Å². The summed E-state index contributed by atoms with van der Waals surface area (Å²) < 4.78 is 40.9. The van der Waals surface area contributed by atoms with Crippen LogP contribution in [0.1, 0.15) is 16.8 Å². The van der Waals surface area contributed by atoms with E-state index in [9.17, 15) is 27.2 Å². The van der Waals surface area contributed by atoms with Gasteiger partial charge in [-0.2, -0.15) is 0 Å². The quantitative estimate of drug-likeness (QED) is 0.644. The number of aromatic carboxylic acids is 1. The number of carboxylic acids is 2. The molecular formula is C18H15FN2O7S. The van der Waals surface area contributed by atoms with Crippen molar-refractivity contribution in [2.45, 2.75) is 11.3 Å². The molecule has 2 aromatic carbocycles. The summed E-state index contributed by atoms with van der Waals surface area (Å²) in [4.78, 5) is 35.2. The maximum absolute atomic E-state index is 13.7. The van der Waals surface area contributed by atoms with E-state index in [1.54, 1.807) is 0 Å². The number of nitrogens with zero attached hydrogens (tertiary/aromatic N) is 1. The molecule has 1 unspecified atom stereocenters. The number of halogens is 1. The van der Waals surface area contributed by atoms with Gasteiger partial charge in [0.15, 0.2) is 0 Å². The molecule has 0 aliphatic carbocycles. The first-order chi connectivity index (χ1) is 13.6. The fourth-order valence-corrected chi connectivity index (χ4v) is 4.03. The highest BCUT2D eigenvalue weighted by atomic mass is 32.2. The Bertz CT molecular complexity index is 1100. The number of anilines is 2. The number of hydrogen-bond donors (Lipinski definition) is 3. The largest absolute Gasteiger partial charge is 0.481 e. The van der Waals surface area contributed by atoms with Crippen molar-refractivity contribution >= 4 is 39.2 Å². The third kappa shape index (κ3) is 4.04. The summed E-state index contributed by atoms with van der Waals surface area (Å²) >= 11 is 0. The Morgan fingerprint density at radius 3 is 2.31 bits per heavy atom. The van der Waals surface area contributed by atoms with Gasteiger partial charge in [-0.05, 0) is 36.4 Å². The van der Waals surface area contributed by atoms with Crippen LogP contribution in [0.5, 0.6) is 0 Å². The molecule has 1 fully saturated rings. The van der Waals surface area contributed by atoms with E-state index in [1.165, 1.54) is 35.2 Å². The average molecular weight is 422 g/mol. The summed E-state index contributed by atoms with van der Waals surface area (Å²) in [6.07, 6.45) is -0.144. The van der Waals surface area contributed by atoms with Crippen LogP contribution in [0.2, 0.25) is 0 Å². The van der Waals surface area contributed by atoms with E-state index in [0.29, 0.717) is 5.69 Å². The molecule has 0 aromatic heterocycles. The number of amides is 1. The summed E-state index contributed by atoms with van der Waals surface area (Å²) in [5.41, 5.74) is -0.912. The predicted molar refractivity (Wildman–Crippen MR) is 98.7 cm³/mol. The lowest BCUT2D eigenvalue weighted by atomic mass is 10.1. The Hall–Kier alpha value is -3.47. The lowest BCUT2D eigenvalue weighted by Gasteiger charge is -2.17. The normalized spacial score (nSPS) is 16.7. The molecule has 9 nitrogen and oxygen atoms in total. The number of rotatable bonds is 6. The summed E-state index contributed by atoms with van der Waals surface area (Å²) in [6.45, 7) is -0.0240. The van der Waals surface area contributed by atoms with E-state index < -0.39 is 50.9 Å². The third-order valence-corrected chi connectivity index (χ3v) is 5.79. The van der Waals surface area contributed by atoms with Crippen LogP contribution in [0.15, 0.2) is 47.4 Å². The molecule has 1 aliphatic heterocycles. The number of carbonyl (C=O) groups excluding carboxylic acids is 1. The van der Waals surface area contributed by atoms with E-state index in [-0.39, 0.29) is 17.9 Å². The molecule has 152 valence electrons. The second-order valence-corrected chi connectivity index (χ2v) is 7.99. The Balaban J connectivity index is 1.85. The second kappa shape index (κ2) is 7.51. The molecule has 0 spiro atoms. The van der Waals surface area contributed by atoms with Gasteiger partial charge < -0.3 is 15.1 Å². The standard InChI is InChI=1S/C18H15FN2O7S/c19-13-2-1-3-14(16(13)18(25)26)20-29(27,28)12-6-4-11(5-7-12)21-9-10(17(23)24)8-15(21)22/h1-7,10,20H,8-9H2,(H,23,24)(H,25,26). The van der Waals surface area contributed by atoms with Crippen molar-refractivity contribution in [2.75, 3.05) is 16.2 Å². The Kier molecular flexibility index (Phi) is 5.25. The Morgan fingerprint density at radius 1 is 1.10 bits per heavy atom. The van der Waals surface area contributed by atoms with Gasteiger partial charge in [0.1, 0.15) is 11.4 Å². The molecule has 1 amide bonds. The van der Waals surface area contributed by atoms with Crippen LogP contribution in [0.4, 0.5) is 15.8 Å². The highest BCUT2D eigenvalue weighted by molar-refractivity contribution is 7.92. The van der Waals surface area contributed by atoms with Crippen molar-refractivity contribution in [1.29, 1.82) is 0 Å². The molecular weight excluding hydrogens is 407 g/mol. The van der Waals surface area contributed by atoms with E-state index in [0.717, 1.165) is 12.1 Å². The zero-order chi connectivity index (χ0) is 21.3. The van der Waals surface area contributed by atoms with Gasteiger partial charge in [-0.15, -0.1) is 0 Å². The van der Waals surface area contributed by atoms with Crippen LogP contribution in [0, 0.1) is 11.7 Å². The topological polar surface area (TPSA) is 141 Å². The molecule has 1 aliphatic rings. The van der Waals surface area contributed by atoms with E-state index in [2.05, 4.69) is 0 Å². The van der Waals surface area contributed by atoms with Gasteiger partial charge in [0.2, 0.25) is 5.91 Å². The maximum Gasteiger partial charge on any atom is 0.340 e. The number of carboxylic acid groups (broad SMARTS) is 2. The molecule has 0 saturated carbocycles. The number of hydrogen-bond acceptors (Lipinski definition) is 5. The monoisotopic (exact) mass is 422 g/mol. The molecule has 1 saturated heterocycles.